The molecule has 0 fully saturated rings. The maximum absolute atomic E-state index is 13.6. The zero-order valence-corrected chi connectivity index (χ0v) is 13.1. The van der Waals surface area contributed by atoms with Gasteiger partial charge in [-0.1, -0.05) is 11.6 Å². The lowest BCUT2D eigenvalue weighted by atomic mass is 10.1. The number of alkyl halides is 3. The number of nitrogens with zero attached hydrogens (tertiary/aromatic N) is 1. The van der Waals surface area contributed by atoms with E-state index in [9.17, 15) is 22.4 Å². The number of aromatic carboxylic acids is 1. The van der Waals surface area contributed by atoms with E-state index in [-0.39, 0.29) is 28.8 Å². The number of benzene rings is 1. The van der Waals surface area contributed by atoms with Crippen LogP contribution in [0.2, 0.25) is 5.02 Å². The van der Waals surface area contributed by atoms with Gasteiger partial charge >= 0.3 is 12.1 Å². The molecule has 0 aliphatic rings. The summed E-state index contributed by atoms with van der Waals surface area (Å²) >= 11 is 5.86. The van der Waals surface area contributed by atoms with E-state index in [0.29, 0.717) is 0 Å². The van der Waals surface area contributed by atoms with Crippen molar-refractivity contribution in [3.8, 4) is 11.6 Å². The van der Waals surface area contributed by atoms with E-state index in [2.05, 4.69) is 9.72 Å². The van der Waals surface area contributed by atoms with Crippen molar-refractivity contribution in [2.75, 3.05) is 6.61 Å². The lowest BCUT2D eigenvalue weighted by molar-refractivity contribution is -0.153. The Hall–Kier alpha value is -2.55. The summed E-state index contributed by atoms with van der Waals surface area (Å²) in [7, 11) is 0. The average molecular weight is 380 g/mol. The Labute approximate surface area is 143 Å². The van der Waals surface area contributed by atoms with Gasteiger partial charge in [0.1, 0.15) is 18.2 Å². The SMILES string of the molecule is O=C(O)c1cc(Cl)c(COc2ccc(OCC(F)(F)F)cn2)cc1F. The van der Waals surface area contributed by atoms with Gasteiger partial charge in [-0.15, -0.1) is 0 Å². The Morgan fingerprint density at radius 1 is 1.24 bits per heavy atom. The largest absolute Gasteiger partial charge is 0.483 e. The topological polar surface area (TPSA) is 68.7 Å². The molecular weight excluding hydrogens is 370 g/mol. The second kappa shape index (κ2) is 7.56. The van der Waals surface area contributed by atoms with Crippen molar-refractivity contribution >= 4 is 17.6 Å². The molecular formula is C15H10ClF4NO4. The first kappa shape index (κ1) is 18.8. The van der Waals surface area contributed by atoms with Crippen LogP contribution in [0.4, 0.5) is 17.6 Å². The summed E-state index contributed by atoms with van der Waals surface area (Å²) in [5.74, 6) is -2.49. The molecule has 25 heavy (non-hydrogen) atoms. The van der Waals surface area contributed by atoms with E-state index in [0.717, 1.165) is 18.3 Å². The highest BCUT2D eigenvalue weighted by Crippen LogP contribution is 2.23. The van der Waals surface area contributed by atoms with Crippen molar-refractivity contribution in [2.24, 2.45) is 0 Å². The van der Waals surface area contributed by atoms with Crippen molar-refractivity contribution in [1.29, 1.82) is 0 Å². The molecule has 0 saturated heterocycles. The standard InChI is InChI=1S/C15H10ClF4NO4/c16-11-4-10(14(22)23)12(17)3-8(11)6-24-13-2-1-9(5-21-13)25-7-15(18,19)20/h1-5H,6-7H2,(H,22,23). The number of ether oxygens (including phenoxy) is 2. The first-order valence-corrected chi connectivity index (χ1v) is 7.03. The Balaban J connectivity index is 2.00. The number of carbonyl (C=O) groups is 1. The first-order chi connectivity index (χ1) is 11.7. The zero-order chi connectivity index (χ0) is 18.6. The molecule has 0 aliphatic carbocycles. The number of hydrogen-bond donors (Lipinski definition) is 1. The molecule has 0 bridgehead atoms. The van der Waals surface area contributed by atoms with E-state index in [1.54, 1.807) is 0 Å². The quantitative estimate of drug-likeness (QED) is 0.765. The van der Waals surface area contributed by atoms with Crippen molar-refractivity contribution in [3.05, 3.63) is 52.4 Å². The summed E-state index contributed by atoms with van der Waals surface area (Å²) in [6.07, 6.45) is -3.42. The fraction of sp³-hybridized carbons (Fsp3) is 0.200. The maximum atomic E-state index is 13.6. The predicted molar refractivity (Wildman–Crippen MR) is 78.5 cm³/mol. The number of hydrogen-bond acceptors (Lipinski definition) is 4. The highest BCUT2D eigenvalue weighted by atomic mass is 35.5. The van der Waals surface area contributed by atoms with Crippen LogP contribution in [0.3, 0.4) is 0 Å². The van der Waals surface area contributed by atoms with Gasteiger partial charge in [-0.25, -0.2) is 14.2 Å². The van der Waals surface area contributed by atoms with Crippen LogP contribution < -0.4 is 9.47 Å². The van der Waals surface area contributed by atoms with E-state index in [1.165, 1.54) is 12.1 Å². The minimum Gasteiger partial charge on any atom is -0.483 e. The fourth-order valence-corrected chi connectivity index (χ4v) is 1.94. The smallest absolute Gasteiger partial charge is 0.422 e. The summed E-state index contributed by atoms with van der Waals surface area (Å²) in [6.45, 7) is -1.66. The van der Waals surface area contributed by atoms with Crippen LogP contribution in [0, 0.1) is 5.82 Å². The molecule has 0 atom stereocenters. The summed E-state index contributed by atoms with van der Waals surface area (Å²) in [4.78, 5) is 14.5. The van der Waals surface area contributed by atoms with E-state index in [4.69, 9.17) is 21.4 Å². The minimum absolute atomic E-state index is 0.0102. The summed E-state index contributed by atoms with van der Waals surface area (Å²) < 4.78 is 59.4. The monoisotopic (exact) mass is 379 g/mol. The first-order valence-electron chi connectivity index (χ1n) is 6.65. The van der Waals surface area contributed by atoms with Gasteiger partial charge in [0.2, 0.25) is 5.88 Å². The number of halogens is 5. The molecule has 0 radical (unpaired) electrons. The number of aromatic nitrogens is 1. The van der Waals surface area contributed by atoms with Crippen LogP contribution in [0.1, 0.15) is 15.9 Å². The molecule has 1 N–H and O–H groups in total. The summed E-state index contributed by atoms with van der Waals surface area (Å²) in [5.41, 5.74) is -0.388. The Bertz CT molecular complexity index is 765. The second-order valence-electron chi connectivity index (χ2n) is 4.75. The molecule has 10 heteroatoms. The van der Waals surface area contributed by atoms with Crippen LogP contribution in [0.5, 0.6) is 11.6 Å². The predicted octanol–water partition coefficient (Wildman–Crippen LogP) is 4.09. The van der Waals surface area contributed by atoms with E-state index < -0.39 is 30.1 Å². The highest BCUT2D eigenvalue weighted by Gasteiger charge is 2.28. The van der Waals surface area contributed by atoms with Crippen molar-refractivity contribution in [2.45, 2.75) is 12.8 Å². The van der Waals surface area contributed by atoms with Crippen LogP contribution in [-0.4, -0.2) is 28.8 Å². The van der Waals surface area contributed by atoms with Gasteiger partial charge in [0, 0.05) is 16.7 Å². The Morgan fingerprint density at radius 2 is 1.96 bits per heavy atom. The lowest BCUT2D eigenvalue weighted by Gasteiger charge is -2.10. The van der Waals surface area contributed by atoms with E-state index >= 15 is 0 Å². The van der Waals surface area contributed by atoms with Gasteiger partial charge in [-0.2, -0.15) is 13.2 Å². The van der Waals surface area contributed by atoms with Crippen LogP contribution in [0.25, 0.3) is 0 Å². The number of pyridine rings is 1. The van der Waals surface area contributed by atoms with Gasteiger partial charge in [-0.05, 0) is 18.2 Å². The molecule has 0 spiro atoms. The summed E-state index contributed by atoms with van der Waals surface area (Å²) in [6, 6.07) is 4.37. The molecule has 0 amide bonds. The molecule has 1 aromatic heterocycles. The van der Waals surface area contributed by atoms with Crippen molar-refractivity contribution in [1.82, 2.24) is 4.98 Å². The van der Waals surface area contributed by atoms with Crippen molar-refractivity contribution in [3.63, 3.8) is 0 Å². The second-order valence-corrected chi connectivity index (χ2v) is 5.16. The molecule has 0 unspecified atom stereocenters. The minimum atomic E-state index is -4.46. The van der Waals surface area contributed by atoms with E-state index in [1.807, 2.05) is 0 Å². The van der Waals surface area contributed by atoms with Gasteiger partial charge in [-0.3, -0.25) is 0 Å². The Morgan fingerprint density at radius 3 is 2.52 bits per heavy atom. The van der Waals surface area contributed by atoms with Crippen LogP contribution in [0.15, 0.2) is 30.5 Å². The normalized spacial score (nSPS) is 11.2. The number of rotatable bonds is 6. The van der Waals surface area contributed by atoms with Gasteiger partial charge in [0.05, 0.1) is 11.8 Å². The van der Waals surface area contributed by atoms with Gasteiger partial charge in [0.15, 0.2) is 6.61 Å². The number of carboxylic acid groups (broad SMARTS) is 1. The molecule has 2 aromatic rings. The average Bonchev–Trinajstić information content (AvgIpc) is 2.53. The molecule has 5 nitrogen and oxygen atoms in total. The molecule has 0 aliphatic heterocycles. The molecule has 134 valence electrons. The third-order valence-corrected chi connectivity index (χ3v) is 3.21. The van der Waals surface area contributed by atoms with Gasteiger partial charge < -0.3 is 14.6 Å². The third kappa shape index (κ3) is 5.49. The van der Waals surface area contributed by atoms with Crippen molar-refractivity contribution < 1.29 is 36.9 Å². The summed E-state index contributed by atoms with van der Waals surface area (Å²) in [5, 5.41) is 8.78. The Kier molecular flexibility index (Phi) is 5.68. The maximum Gasteiger partial charge on any atom is 0.422 e. The lowest BCUT2D eigenvalue weighted by Crippen LogP contribution is -2.19. The highest BCUT2D eigenvalue weighted by molar-refractivity contribution is 6.31. The fourth-order valence-electron chi connectivity index (χ4n) is 1.72. The third-order valence-electron chi connectivity index (χ3n) is 2.85. The number of carboxylic acids is 1. The van der Waals surface area contributed by atoms with Gasteiger partial charge in [0.25, 0.3) is 0 Å². The molecule has 0 saturated carbocycles. The van der Waals surface area contributed by atoms with Crippen LogP contribution in [-0.2, 0) is 6.61 Å². The molecule has 1 aromatic carbocycles. The zero-order valence-electron chi connectivity index (χ0n) is 12.3. The molecule has 2 rings (SSSR count). The van der Waals surface area contributed by atoms with Crippen LogP contribution >= 0.6 is 11.6 Å². The molecule has 1 heterocycles.